The molecule has 4 heteroatoms. The highest BCUT2D eigenvalue weighted by atomic mass is 35.5. The Morgan fingerprint density at radius 3 is 2.89 bits per heavy atom. The molecule has 1 saturated heterocycles. The Bertz CT molecular complexity index is 478. The Kier molecular flexibility index (Phi) is 3.73. The Morgan fingerprint density at radius 1 is 1.56 bits per heavy atom. The van der Waals surface area contributed by atoms with Crippen molar-refractivity contribution >= 4 is 23.6 Å². The highest BCUT2D eigenvalue weighted by Crippen LogP contribution is 2.24. The third-order valence-corrected chi connectivity index (χ3v) is 3.44. The van der Waals surface area contributed by atoms with Gasteiger partial charge in [-0.2, -0.15) is 0 Å². The van der Waals surface area contributed by atoms with Crippen molar-refractivity contribution in [3.63, 3.8) is 0 Å². The second-order valence-corrected chi connectivity index (χ2v) is 5.10. The largest absolute Gasteiger partial charge is 0.386 e. The summed E-state index contributed by atoms with van der Waals surface area (Å²) < 4.78 is 0. The Hall–Kier alpha value is -1.32. The molecule has 0 aliphatic carbocycles. The molecule has 0 aromatic heterocycles. The van der Waals surface area contributed by atoms with Gasteiger partial charge in [0.25, 0.3) is 0 Å². The van der Waals surface area contributed by atoms with Crippen molar-refractivity contribution < 1.29 is 9.90 Å². The number of carbonyl (C=O) groups is 1. The monoisotopic (exact) mass is 265 g/mol. The average Bonchev–Trinajstić information content (AvgIpc) is 2.32. The molecule has 0 spiro atoms. The normalized spacial score (nSPS) is 17.8. The van der Waals surface area contributed by atoms with Crippen LogP contribution < -0.4 is 0 Å². The zero-order chi connectivity index (χ0) is 13.2. The van der Waals surface area contributed by atoms with Crippen LogP contribution in [0.5, 0.6) is 0 Å². The van der Waals surface area contributed by atoms with Crippen LogP contribution in [0.15, 0.2) is 30.3 Å². The predicted molar refractivity (Wildman–Crippen MR) is 72.3 cm³/mol. The van der Waals surface area contributed by atoms with Crippen LogP contribution >= 0.6 is 11.6 Å². The van der Waals surface area contributed by atoms with Gasteiger partial charge >= 0.3 is 0 Å². The van der Waals surface area contributed by atoms with Crippen molar-refractivity contribution in [1.82, 2.24) is 4.90 Å². The molecule has 0 saturated carbocycles. The van der Waals surface area contributed by atoms with Crippen molar-refractivity contribution in [2.24, 2.45) is 0 Å². The number of aliphatic hydroxyl groups is 1. The van der Waals surface area contributed by atoms with E-state index in [1.807, 2.05) is 19.1 Å². The van der Waals surface area contributed by atoms with Crippen LogP contribution in [0.2, 0.25) is 5.02 Å². The van der Waals surface area contributed by atoms with Crippen molar-refractivity contribution in [2.45, 2.75) is 18.9 Å². The highest BCUT2D eigenvalue weighted by molar-refractivity contribution is 6.30. The Labute approximate surface area is 112 Å². The van der Waals surface area contributed by atoms with Crippen LogP contribution in [0, 0.1) is 0 Å². The van der Waals surface area contributed by atoms with Crippen LogP contribution in [0.1, 0.15) is 18.9 Å². The lowest BCUT2D eigenvalue weighted by atomic mass is 9.91. The van der Waals surface area contributed by atoms with E-state index in [2.05, 4.69) is 0 Å². The zero-order valence-electron chi connectivity index (χ0n) is 10.3. The number of amides is 1. The molecule has 3 nitrogen and oxygen atoms in total. The van der Waals surface area contributed by atoms with Gasteiger partial charge in [-0.3, -0.25) is 4.79 Å². The molecular formula is C14H16ClNO2. The van der Waals surface area contributed by atoms with Crippen LogP contribution in [-0.4, -0.2) is 34.6 Å². The van der Waals surface area contributed by atoms with Gasteiger partial charge in [0.1, 0.15) is 0 Å². The van der Waals surface area contributed by atoms with Crippen molar-refractivity contribution in [3.8, 4) is 0 Å². The van der Waals surface area contributed by atoms with Crippen LogP contribution in [-0.2, 0) is 4.79 Å². The van der Waals surface area contributed by atoms with Crippen molar-refractivity contribution in [3.05, 3.63) is 40.9 Å². The quantitative estimate of drug-likeness (QED) is 0.853. The minimum absolute atomic E-state index is 0.0758. The molecule has 1 aliphatic rings. The van der Waals surface area contributed by atoms with E-state index in [0.717, 1.165) is 5.56 Å². The molecule has 0 bridgehead atoms. The second kappa shape index (κ2) is 5.12. The first-order chi connectivity index (χ1) is 8.52. The van der Waals surface area contributed by atoms with E-state index in [9.17, 15) is 9.90 Å². The van der Waals surface area contributed by atoms with Gasteiger partial charge in [0.15, 0.2) is 0 Å². The van der Waals surface area contributed by atoms with Gasteiger partial charge < -0.3 is 10.0 Å². The minimum Gasteiger partial charge on any atom is -0.386 e. The van der Waals surface area contributed by atoms with Crippen LogP contribution in [0.25, 0.3) is 6.08 Å². The number of hydrogen-bond acceptors (Lipinski definition) is 2. The van der Waals surface area contributed by atoms with Gasteiger partial charge in [-0.1, -0.05) is 30.7 Å². The molecule has 2 rings (SSSR count). The first kappa shape index (κ1) is 13.1. The van der Waals surface area contributed by atoms with Crippen molar-refractivity contribution in [1.29, 1.82) is 0 Å². The number of halogens is 1. The molecule has 1 fully saturated rings. The van der Waals surface area contributed by atoms with E-state index < -0.39 is 5.60 Å². The Morgan fingerprint density at radius 2 is 2.28 bits per heavy atom. The maximum Gasteiger partial charge on any atom is 0.246 e. The molecule has 1 aromatic rings. The molecule has 0 radical (unpaired) electrons. The molecule has 1 aromatic carbocycles. The van der Waals surface area contributed by atoms with E-state index in [0.29, 0.717) is 24.5 Å². The minimum atomic E-state index is -0.681. The maximum atomic E-state index is 11.8. The van der Waals surface area contributed by atoms with Crippen molar-refractivity contribution in [2.75, 3.05) is 13.1 Å². The van der Waals surface area contributed by atoms with Gasteiger partial charge in [-0.05, 0) is 30.2 Å². The van der Waals surface area contributed by atoms with E-state index in [4.69, 9.17) is 11.6 Å². The van der Waals surface area contributed by atoms with E-state index >= 15 is 0 Å². The second-order valence-electron chi connectivity index (χ2n) is 4.66. The Balaban J connectivity index is 1.93. The van der Waals surface area contributed by atoms with Gasteiger partial charge in [-0.25, -0.2) is 0 Å². The summed E-state index contributed by atoms with van der Waals surface area (Å²) in [4.78, 5) is 13.4. The summed E-state index contributed by atoms with van der Waals surface area (Å²) in [6.45, 7) is 2.76. The first-order valence-electron chi connectivity index (χ1n) is 5.97. The average molecular weight is 266 g/mol. The van der Waals surface area contributed by atoms with Gasteiger partial charge in [0, 0.05) is 11.1 Å². The maximum absolute atomic E-state index is 11.8. The van der Waals surface area contributed by atoms with E-state index in [1.54, 1.807) is 23.1 Å². The van der Waals surface area contributed by atoms with Gasteiger partial charge in [0.05, 0.1) is 18.7 Å². The molecule has 0 unspecified atom stereocenters. The highest BCUT2D eigenvalue weighted by Gasteiger charge is 2.41. The topological polar surface area (TPSA) is 40.5 Å². The lowest BCUT2D eigenvalue weighted by Crippen LogP contribution is -2.62. The summed E-state index contributed by atoms with van der Waals surface area (Å²) >= 11 is 5.86. The third-order valence-electron chi connectivity index (χ3n) is 3.21. The van der Waals surface area contributed by atoms with E-state index in [-0.39, 0.29) is 5.91 Å². The van der Waals surface area contributed by atoms with E-state index in [1.165, 1.54) is 6.08 Å². The predicted octanol–water partition coefficient (Wildman–Crippen LogP) is 2.34. The molecule has 18 heavy (non-hydrogen) atoms. The fourth-order valence-corrected chi connectivity index (χ4v) is 2.13. The molecular weight excluding hydrogens is 250 g/mol. The zero-order valence-corrected chi connectivity index (χ0v) is 11.0. The summed E-state index contributed by atoms with van der Waals surface area (Å²) in [5, 5.41) is 10.5. The number of hydrogen-bond donors (Lipinski definition) is 1. The van der Waals surface area contributed by atoms with Gasteiger partial charge in [0.2, 0.25) is 5.91 Å². The molecule has 96 valence electrons. The SMILES string of the molecule is CCC1(O)CN(C(=O)C=Cc2cccc(Cl)c2)C1. The number of carbonyl (C=O) groups excluding carboxylic acids is 1. The molecule has 1 amide bonds. The first-order valence-corrected chi connectivity index (χ1v) is 6.35. The molecule has 1 heterocycles. The standard InChI is InChI=1S/C14H16ClNO2/c1-2-14(18)9-16(10-14)13(17)7-6-11-4-3-5-12(15)8-11/h3-8,18H,2,9-10H2,1H3. The number of likely N-dealkylation sites (tertiary alicyclic amines) is 1. The summed E-state index contributed by atoms with van der Waals surface area (Å²) in [6.07, 6.45) is 3.92. The summed E-state index contributed by atoms with van der Waals surface area (Å²) in [7, 11) is 0. The smallest absolute Gasteiger partial charge is 0.246 e. The molecule has 0 atom stereocenters. The number of β-amino-alcohol motifs (C(OH)–C–C–N with tert-alkyl or cyclic N) is 1. The summed E-state index contributed by atoms with van der Waals surface area (Å²) in [5.74, 6) is -0.0758. The van der Waals surface area contributed by atoms with Gasteiger partial charge in [-0.15, -0.1) is 0 Å². The number of rotatable bonds is 3. The summed E-state index contributed by atoms with van der Waals surface area (Å²) in [5.41, 5.74) is 0.210. The fraction of sp³-hybridized carbons (Fsp3) is 0.357. The summed E-state index contributed by atoms with van der Waals surface area (Å²) in [6, 6.07) is 7.31. The van der Waals surface area contributed by atoms with Crippen LogP contribution in [0.3, 0.4) is 0 Å². The lowest BCUT2D eigenvalue weighted by molar-refractivity contribution is -0.150. The molecule has 1 aliphatic heterocycles. The fourth-order valence-electron chi connectivity index (χ4n) is 1.93. The number of nitrogens with zero attached hydrogens (tertiary/aromatic N) is 1. The third kappa shape index (κ3) is 2.92. The van der Waals surface area contributed by atoms with Crippen LogP contribution in [0.4, 0.5) is 0 Å². The molecule has 1 N–H and O–H groups in total. The lowest BCUT2D eigenvalue weighted by Gasteiger charge is -2.45. The number of benzene rings is 1.